The third-order valence-electron chi connectivity index (χ3n) is 3.35. The second-order valence-electron chi connectivity index (χ2n) is 4.92. The highest BCUT2D eigenvalue weighted by molar-refractivity contribution is 9.10. The summed E-state index contributed by atoms with van der Waals surface area (Å²) in [4.78, 5) is 12.2. The summed E-state index contributed by atoms with van der Waals surface area (Å²) >= 11 is 3.41. The molecule has 1 aromatic carbocycles. The number of ether oxygens (including phenoxy) is 3. The lowest BCUT2D eigenvalue weighted by Crippen LogP contribution is -2.40. The number of amides is 1. The molecule has 0 radical (unpaired) electrons. The van der Waals surface area contributed by atoms with Gasteiger partial charge in [-0.25, -0.2) is 0 Å². The van der Waals surface area contributed by atoms with Crippen molar-refractivity contribution in [2.75, 3.05) is 33.0 Å². The molecule has 0 aliphatic carbocycles. The summed E-state index contributed by atoms with van der Waals surface area (Å²) in [5.41, 5.74) is 1.51. The standard InChI is InChI=1S/C15H16BrNO4/c16-12-1-2-14-10(6-12)5-11(8-21-14)15(18)17-7-13-9-19-3-4-20-13/h1-2,5-6,13H,3-4,7-9H2,(H,17,18). The van der Waals surface area contributed by atoms with Crippen molar-refractivity contribution in [1.29, 1.82) is 0 Å². The fourth-order valence-electron chi connectivity index (χ4n) is 2.25. The molecule has 1 fully saturated rings. The van der Waals surface area contributed by atoms with E-state index in [1.807, 2.05) is 24.3 Å². The van der Waals surface area contributed by atoms with Crippen molar-refractivity contribution in [2.45, 2.75) is 6.10 Å². The number of nitrogens with one attached hydrogen (secondary N) is 1. The van der Waals surface area contributed by atoms with Gasteiger partial charge in [-0.2, -0.15) is 0 Å². The van der Waals surface area contributed by atoms with Gasteiger partial charge in [-0.1, -0.05) is 15.9 Å². The Morgan fingerprint density at radius 1 is 1.38 bits per heavy atom. The molecule has 0 spiro atoms. The van der Waals surface area contributed by atoms with Crippen molar-refractivity contribution >= 4 is 27.9 Å². The molecule has 1 N–H and O–H groups in total. The molecule has 0 aromatic heterocycles. The van der Waals surface area contributed by atoms with Crippen LogP contribution in [-0.4, -0.2) is 45.0 Å². The number of carbonyl (C=O) groups excluding carboxylic acids is 1. The van der Waals surface area contributed by atoms with Gasteiger partial charge in [-0.3, -0.25) is 4.79 Å². The molecule has 21 heavy (non-hydrogen) atoms. The molecule has 1 saturated heterocycles. The number of halogens is 1. The molecular weight excluding hydrogens is 338 g/mol. The van der Waals surface area contributed by atoms with Crippen molar-refractivity contribution in [3.05, 3.63) is 33.8 Å². The molecule has 6 heteroatoms. The summed E-state index contributed by atoms with van der Waals surface area (Å²) in [6.45, 7) is 2.44. The van der Waals surface area contributed by atoms with E-state index in [-0.39, 0.29) is 18.6 Å². The Bertz CT molecular complexity index is 567. The zero-order chi connectivity index (χ0) is 14.7. The van der Waals surface area contributed by atoms with Crippen LogP contribution in [0, 0.1) is 0 Å². The van der Waals surface area contributed by atoms with Gasteiger partial charge in [0.05, 0.1) is 31.5 Å². The fourth-order valence-corrected chi connectivity index (χ4v) is 2.63. The number of fused-ring (bicyclic) bond motifs is 1. The third kappa shape index (κ3) is 3.64. The first kappa shape index (κ1) is 14.6. The van der Waals surface area contributed by atoms with Crippen molar-refractivity contribution < 1.29 is 19.0 Å². The Morgan fingerprint density at radius 2 is 2.29 bits per heavy atom. The van der Waals surface area contributed by atoms with Crippen LogP contribution < -0.4 is 10.1 Å². The van der Waals surface area contributed by atoms with Crippen LogP contribution >= 0.6 is 15.9 Å². The van der Waals surface area contributed by atoms with Gasteiger partial charge in [0.15, 0.2) is 0 Å². The van der Waals surface area contributed by atoms with Gasteiger partial charge in [-0.05, 0) is 24.3 Å². The molecule has 1 atom stereocenters. The van der Waals surface area contributed by atoms with Crippen molar-refractivity contribution in [3.63, 3.8) is 0 Å². The van der Waals surface area contributed by atoms with Crippen molar-refractivity contribution in [3.8, 4) is 5.75 Å². The minimum absolute atomic E-state index is 0.0748. The molecule has 112 valence electrons. The summed E-state index contributed by atoms with van der Waals surface area (Å²) in [5, 5.41) is 2.86. The Balaban J connectivity index is 1.62. The molecule has 1 unspecified atom stereocenters. The van der Waals surface area contributed by atoms with Crippen LogP contribution in [0.15, 0.2) is 28.2 Å². The van der Waals surface area contributed by atoms with E-state index in [1.165, 1.54) is 0 Å². The minimum Gasteiger partial charge on any atom is -0.488 e. The van der Waals surface area contributed by atoms with E-state index in [0.717, 1.165) is 15.8 Å². The predicted octanol–water partition coefficient (Wildman–Crippen LogP) is 1.76. The molecule has 1 amide bonds. The SMILES string of the molecule is O=C(NCC1COCCO1)C1=Cc2cc(Br)ccc2OC1. The molecule has 3 rings (SSSR count). The van der Waals surface area contributed by atoms with E-state index >= 15 is 0 Å². The fraction of sp³-hybridized carbons (Fsp3) is 0.400. The maximum atomic E-state index is 12.2. The highest BCUT2D eigenvalue weighted by Crippen LogP contribution is 2.29. The van der Waals surface area contributed by atoms with Gasteiger partial charge < -0.3 is 19.5 Å². The van der Waals surface area contributed by atoms with E-state index in [0.29, 0.717) is 31.9 Å². The van der Waals surface area contributed by atoms with E-state index < -0.39 is 0 Å². The van der Waals surface area contributed by atoms with Crippen LogP contribution in [0.1, 0.15) is 5.56 Å². The summed E-state index contributed by atoms with van der Waals surface area (Å²) in [6.07, 6.45) is 1.78. The lowest BCUT2D eigenvalue weighted by molar-refractivity contribution is -0.120. The highest BCUT2D eigenvalue weighted by Gasteiger charge is 2.20. The average molecular weight is 354 g/mol. The number of hydrogen-bond acceptors (Lipinski definition) is 4. The Kier molecular flexibility index (Phi) is 4.57. The summed E-state index contributed by atoms with van der Waals surface area (Å²) < 4.78 is 17.3. The Hall–Kier alpha value is -1.37. The molecule has 1 aromatic rings. The van der Waals surface area contributed by atoms with Gasteiger partial charge in [-0.15, -0.1) is 0 Å². The number of hydrogen-bond donors (Lipinski definition) is 1. The van der Waals surface area contributed by atoms with Gasteiger partial charge in [0.1, 0.15) is 12.4 Å². The second-order valence-corrected chi connectivity index (χ2v) is 5.83. The van der Waals surface area contributed by atoms with E-state index in [2.05, 4.69) is 21.2 Å². The van der Waals surface area contributed by atoms with Crippen molar-refractivity contribution in [2.24, 2.45) is 0 Å². The van der Waals surface area contributed by atoms with Crippen LogP contribution in [0.25, 0.3) is 6.08 Å². The summed E-state index contributed by atoms with van der Waals surface area (Å²) in [6, 6.07) is 5.73. The zero-order valence-electron chi connectivity index (χ0n) is 11.4. The van der Waals surface area contributed by atoms with E-state index in [1.54, 1.807) is 0 Å². The molecule has 0 bridgehead atoms. The van der Waals surface area contributed by atoms with Gasteiger partial charge in [0.2, 0.25) is 0 Å². The number of rotatable bonds is 3. The van der Waals surface area contributed by atoms with Crippen LogP contribution in [0.2, 0.25) is 0 Å². The summed E-state index contributed by atoms with van der Waals surface area (Å²) in [7, 11) is 0. The Labute approximate surface area is 131 Å². The minimum atomic E-state index is -0.130. The molecule has 5 nitrogen and oxygen atoms in total. The highest BCUT2D eigenvalue weighted by atomic mass is 79.9. The number of benzene rings is 1. The predicted molar refractivity (Wildman–Crippen MR) is 81.2 cm³/mol. The normalized spacial score (nSPS) is 21.0. The first-order valence-corrected chi connectivity index (χ1v) is 7.62. The van der Waals surface area contributed by atoms with Crippen LogP contribution in [0.3, 0.4) is 0 Å². The maximum Gasteiger partial charge on any atom is 0.250 e. The molecule has 0 saturated carbocycles. The molecule has 2 heterocycles. The third-order valence-corrected chi connectivity index (χ3v) is 3.84. The molecule has 2 aliphatic heterocycles. The topological polar surface area (TPSA) is 56.8 Å². The number of carbonyl (C=O) groups is 1. The van der Waals surface area contributed by atoms with Crippen LogP contribution in [0.5, 0.6) is 5.75 Å². The molecular formula is C15H16BrNO4. The largest absolute Gasteiger partial charge is 0.488 e. The first-order valence-electron chi connectivity index (χ1n) is 6.83. The lowest BCUT2D eigenvalue weighted by atomic mass is 10.1. The molecule has 2 aliphatic rings. The van der Waals surface area contributed by atoms with E-state index in [9.17, 15) is 4.79 Å². The van der Waals surface area contributed by atoms with Gasteiger partial charge in [0, 0.05) is 16.6 Å². The first-order chi connectivity index (χ1) is 10.2. The van der Waals surface area contributed by atoms with Crippen LogP contribution in [-0.2, 0) is 14.3 Å². The average Bonchev–Trinajstić information content (AvgIpc) is 2.53. The maximum absolute atomic E-state index is 12.2. The van der Waals surface area contributed by atoms with Crippen molar-refractivity contribution in [1.82, 2.24) is 5.32 Å². The van der Waals surface area contributed by atoms with Gasteiger partial charge >= 0.3 is 0 Å². The zero-order valence-corrected chi connectivity index (χ0v) is 13.0. The second kappa shape index (κ2) is 6.60. The summed E-state index contributed by atoms with van der Waals surface area (Å²) in [5.74, 6) is 0.661. The van der Waals surface area contributed by atoms with Crippen LogP contribution in [0.4, 0.5) is 0 Å². The monoisotopic (exact) mass is 353 g/mol. The smallest absolute Gasteiger partial charge is 0.250 e. The van der Waals surface area contributed by atoms with E-state index in [4.69, 9.17) is 14.2 Å². The Morgan fingerprint density at radius 3 is 3.10 bits per heavy atom. The van der Waals surface area contributed by atoms with Gasteiger partial charge in [0.25, 0.3) is 5.91 Å². The lowest BCUT2D eigenvalue weighted by Gasteiger charge is -2.24. The quantitative estimate of drug-likeness (QED) is 0.899.